The molecule has 1 amide bonds. The summed E-state index contributed by atoms with van der Waals surface area (Å²) in [6.07, 6.45) is 3.31. The second-order valence-electron chi connectivity index (χ2n) is 5.29. The van der Waals surface area contributed by atoms with E-state index < -0.39 is 5.97 Å². The number of carbonyl (C=O) groups is 2. The third kappa shape index (κ3) is 11.6. The molecule has 0 aromatic carbocycles. The molecule has 0 radical (unpaired) electrons. The van der Waals surface area contributed by atoms with Crippen molar-refractivity contribution in [2.45, 2.75) is 52.9 Å². The van der Waals surface area contributed by atoms with Crippen LogP contribution in [0.5, 0.6) is 0 Å². The summed E-state index contributed by atoms with van der Waals surface area (Å²) in [5.74, 6) is -0.0777. The summed E-state index contributed by atoms with van der Waals surface area (Å²) < 4.78 is 5.00. The number of rotatable bonds is 10. The van der Waals surface area contributed by atoms with Gasteiger partial charge in [0.25, 0.3) is 0 Å². The second kappa shape index (κ2) is 10.6. The van der Waals surface area contributed by atoms with Crippen LogP contribution in [-0.2, 0) is 9.53 Å². The molecule has 0 aliphatic rings. The first kappa shape index (κ1) is 17.7. The predicted octanol–water partition coefficient (Wildman–Crippen LogP) is 3.04. The molecule has 5 nitrogen and oxygen atoms in total. The molecular formula is C14H27NO4. The van der Waals surface area contributed by atoms with Gasteiger partial charge in [0.2, 0.25) is 0 Å². The topological polar surface area (TPSA) is 75.6 Å². The van der Waals surface area contributed by atoms with Gasteiger partial charge in [-0.05, 0) is 24.7 Å². The largest absolute Gasteiger partial charge is 0.481 e. The lowest BCUT2D eigenvalue weighted by atomic mass is 9.94. The fourth-order valence-electron chi connectivity index (χ4n) is 1.84. The molecule has 5 heteroatoms. The molecule has 1 unspecified atom stereocenters. The fraction of sp³-hybridized carbons (Fsp3) is 0.857. The normalized spacial score (nSPS) is 12.2. The molecule has 0 aliphatic heterocycles. The van der Waals surface area contributed by atoms with E-state index in [1.807, 2.05) is 13.8 Å². The van der Waals surface area contributed by atoms with Gasteiger partial charge in [-0.3, -0.25) is 4.79 Å². The minimum Gasteiger partial charge on any atom is -0.481 e. The standard InChI is InChI=1S/C14H27NO4/c1-4-5-12(6-7-13(16)17)8-9-15-14(18)19-10-11(2)3/h11-12H,4-10H2,1-3H3,(H,15,18)(H,16,17). The number of hydrogen-bond donors (Lipinski definition) is 2. The van der Waals surface area contributed by atoms with Crippen molar-refractivity contribution in [3.63, 3.8) is 0 Å². The average Bonchev–Trinajstić information content (AvgIpc) is 2.33. The second-order valence-corrected chi connectivity index (χ2v) is 5.29. The van der Waals surface area contributed by atoms with Crippen LogP contribution < -0.4 is 5.32 Å². The third-order valence-corrected chi connectivity index (χ3v) is 2.83. The van der Waals surface area contributed by atoms with Crippen molar-refractivity contribution in [2.75, 3.05) is 13.2 Å². The Morgan fingerprint density at radius 2 is 1.89 bits per heavy atom. The molecular weight excluding hydrogens is 246 g/mol. The molecule has 0 saturated heterocycles. The highest BCUT2D eigenvalue weighted by atomic mass is 16.5. The first-order valence-electron chi connectivity index (χ1n) is 7.08. The van der Waals surface area contributed by atoms with E-state index in [0.717, 1.165) is 19.3 Å². The zero-order valence-electron chi connectivity index (χ0n) is 12.3. The van der Waals surface area contributed by atoms with Crippen LogP contribution >= 0.6 is 0 Å². The number of carboxylic acid groups (broad SMARTS) is 1. The van der Waals surface area contributed by atoms with Gasteiger partial charge >= 0.3 is 12.1 Å². The van der Waals surface area contributed by atoms with Crippen LogP contribution in [0.25, 0.3) is 0 Å². The van der Waals surface area contributed by atoms with E-state index >= 15 is 0 Å². The molecule has 0 aromatic rings. The molecule has 0 heterocycles. The Kier molecular flexibility index (Phi) is 9.94. The van der Waals surface area contributed by atoms with Crippen molar-refractivity contribution in [2.24, 2.45) is 11.8 Å². The summed E-state index contributed by atoms with van der Waals surface area (Å²) in [5.41, 5.74) is 0. The Morgan fingerprint density at radius 3 is 2.42 bits per heavy atom. The van der Waals surface area contributed by atoms with Gasteiger partial charge in [-0.2, -0.15) is 0 Å². The minimum atomic E-state index is -0.759. The van der Waals surface area contributed by atoms with Gasteiger partial charge in [0.15, 0.2) is 0 Å². The number of alkyl carbamates (subject to hydrolysis) is 1. The molecule has 0 saturated carbocycles. The third-order valence-electron chi connectivity index (χ3n) is 2.83. The molecule has 0 fully saturated rings. The van der Waals surface area contributed by atoms with Crippen LogP contribution in [0.3, 0.4) is 0 Å². The van der Waals surface area contributed by atoms with Crippen LogP contribution in [0.2, 0.25) is 0 Å². The lowest BCUT2D eigenvalue weighted by Crippen LogP contribution is -2.28. The molecule has 1 atom stereocenters. The SMILES string of the molecule is CCCC(CCNC(=O)OCC(C)C)CCC(=O)O. The maximum Gasteiger partial charge on any atom is 0.407 e. The van der Waals surface area contributed by atoms with Gasteiger partial charge in [-0.25, -0.2) is 4.79 Å². The summed E-state index contributed by atoms with van der Waals surface area (Å²) in [5, 5.41) is 11.4. The minimum absolute atomic E-state index is 0.197. The highest BCUT2D eigenvalue weighted by molar-refractivity contribution is 5.67. The van der Waals surface area contributed by atoms with Crippen molar-refractivity contribution < 1.29 is 19.4 Å². The Labute approximate surface area is 115 Å². The first-order valence-corrected chi connectivity index (χ1v) is 7.08. The van der Waals surface area contributed by atoms with Crippen molar-refractivity contribution >= 4 is 12.1 Å². The van der Waals surface area contributed by atoms with Crippen molar-refractivity contribution in [1.82, 2.24) is 5.32 Å². The monoisotopic (exact) mass is 273 g/mol. The van der Waals surface area contributed by atoms with Crippen LogP contribution in [-0.4, -0.2) is 30.3 Å². The smallest absolute Gasteiger partial charge is 0.407 e. The molecule has 0 aliphatic carbocycles. The lowest BCUT2D eigenvalue weighted by molar-refractivity contribution is -0.137. The quantitative estimate of drug-likeness (QED) is 0.641. The van der Waals surface area contributed by atoms with Crippen LogP contribution in [0.4, 0.5) is 4.79 Å². The first-order chi connectivity index (χ1) is 8.95. The molecule has 19 heavy (non-hydrogen) atoms. The van der Waals surface area contributed by atoms with Crippen LogP contribution in [0.15, 0.2) is 0 Å². The van der Waals surface area contributed by atoms with E-state index in [9.17, 15) is 9.59 Å². The van der Waals surface area contributed by atoms with E-state index in [2.05, 4.69) is 12.2 Å². The van der Waals surface area contributed by atoms with Gasteiger partial charge < -0.3 is 15.2 Å². The van der Waals surface area contributed by atoms with E-state index in [1.165, 1.54) is 0 Å². The Hall–Kier alpha value is -1.26. The number of hydrogen-bond acceptors (Lipinski definition) is 3. The van der Waals surface area contributed by atoms with E-state index in [1.54, 1.807) is 0 Å². The summed E-state index contributed by atoms with van der Waals surface area (Å²) in [6.45, 7) is 7.01. The fourth-order valence-corrected chi connectivity index (χ4v) is 1.84. The zero-order valence-corrected chi connectivity index (χ0v) is 12.3. The van der Waals surface area contributed by atoms with Gasteiger partial charge in [-0.15, -0.1) is 0 Å². The number of nitrogens with one attached hydrogen (secondary N) is 1. The molecule has 0 aromatic heterocycles. The number of ether oxygens (including phenoxy) is 1. The molecule has 0 bridgehead atoms. The Balaban J connectivity index is 3.78. The van der Waals surface area contributed by atoms with Crippen molar-refractivity contribution in [3.8, 4) is 0 Å². The number of carbonyl (C=O) groups excluding carboxylic acids is 1. The Morgan fingerprint density at radius 1 is 1.21 bits per heavy atom. The summed E-state index contributed by atoms with van der Waals surface area (Å²) in [7, 11) is 0. The highest BCUT2D eigenvalue weighted by Crippen LogP contribution is 2.17. The van der Waals surface area contributed by atoms with Crippen molar-refractivity contribution in [1.29, 1.82) is 0 Å². The summed E-state index contributed by atoms with van der Waals surface area (Å²) in [6, 6.07) is 0. The lowest BCUT2D eigenvalue weighted by Gasteiger charge is -2.15. The number of carboxylic acids is 1. The summed E-state index contributed by atoms with van der Waals surface area (Å²) in [4.78, 5) is 21.9. The van der Waals surface area contributed by atoms with Crippen molar-refractivity contribution in [3.05, 3.63) is 0 Å². The molecule has 112 valence electrons. The van der Waals surface area contributed by atoms with Crippen LogP contribution in [0.1, 0.15) is 52.9 Å². The van der Waals surface area contributed by atoms with Gasteiger partial charge in [0.1, 0.15) is 0 Å². The summed E-state index contributed by atoms with van der Waals surface area (Å²) >= 11 is 0. The van der Waals surface area contributed by atoms with E-state index in [-0.39, 0.29) is 12.5 Å². The average molecular weight is 273 g/mol. The van der Waals surface area contributed by atoms with E-state index in [0.29, 0.717) is 31.4 Å². The maximum absolute atomic E-state index is 11.3. The molecule has 0 spiro atoms. The highest BCUT2D eigenvalue weighted by Gasteiger charge is 2.11. The predicted molar refractivity (Wildman–Crippen MR) is 74.1 cm³/mol. The number of amides is 1. The van der Waals surface area contributed by atoms with Gasteiger partial charge in [-0.1, -0.05) is 33.6 Å². The zero-order chi connectivity index (χ0) is 14.7. The molecule has 2 N–H and O–H groups in total. The Bertz CT molecular complexity index is 266. The van der Waals surface area contributed by atoms with Gasteiger partial charge in [0.05, 0.1) is 6.61 Å². The van der Waals surface area contributed by atoms with E-state index in [4.69, 9.17) is 9.84 Å². The van der Waals surface area contributed by atoms with Gasteiger partial charge in [0, 0.05) is 13.0 Å². The maximum atomic E-state index is 11.3. The van der Waals surface area contributed by atoms with Crippen LogP contribution in [0, 0.1) is 11.8 Å². The molecule has 0 rings (SSSR count). The number of aliphatic carboxylic acids is 1.